The van der Waals surface area contributed by atoms with Gasteiger partial charge in [0.1, 0.15) is 0 Å². The summed E-state index contributed by atoms with van der Waals surface area (Å²) in [6.45, 7) is 5.61. The predicted octanol–water partition coefficient (Wildman–Crippen LogP) is 10.8. The number of aliphatic hydroxyl groups excluding tert-OH is 1. The third-order valence-electron chi connectivity index (χ3n) is 10.4. The Labute approximate surface area is 355 Å². The number of benzene rings is 6. The highest BCUT2D eigenvalue weighted by molar-refractivity contribution is 6.42. The highest BCUT2D eigenvalue weighted by Crippen LogP contribution is 2.28. The number of halogens is 4. The van der Waals surface area contributed by atoms with Gasteiger partial charge in [-0.05, 0) is 96.3 Å². The molecule has 12 heteroatoms. The van der Waals surface area contributed by atoms with Crippen LogP contribution in [0.1, 0.15) is 44.3 Å². The molecule has 8 aromatic rings. The highest BCUT2D eigenvalue weighted by Gasteiger charge is 2.18. The molecule has 0 saturated heterocycles. The van der Waals surface area contributed by atoms with Crippen LogP contribution in [0.5, 0.6) is 0 Å². The van der Waals surface area contributed by atoms with Crippen molar-refractivity contribution in [3.05, 3.63) is 198 Å². The van der Waals surface area contributed by atoms with Crippen molar-refractivity contribution in [1.82, 2.24) is 18.3 Å². The number of nitrogens with one attached hydrogen (secondary N) is 2. The molecular formula is C46H40Cl4N6O2. The number of aromatic nitrogens is 4. The summed E-state index contributed by atoms with van der Waals surface area (Å²) in [5.74, 6) is -0.124. The molecule has 1 unspecified atom stereocenters. The van der Waals surface area contributed by atoms with Crippen molar-refractivity contribution in [2.24, 2.45) is 0 Å². The Kier molecular flexibility index (Phi) is 12.4. The molecule has 294 valence electrons. The summed E-state index contributed by atoms with van der Waals surface area (Å²) >= 11 is 24.1. The van der Waals surface area contributed by atoms with Crippen molar-refractivity contribution >= 4 is 74.3 Å². The van der Waals surface area contributed by atoms with E-state index in [1.165, 1.54) is 16.7 Å². The van der Waals surface area contributed by atoms with Crippen LogP contribution in [0.3, 0.4) is 0 Å². The Hall–Kier alpha value is -5.35. The van der Waals surface area contributed by atoms with Gasteiger partial charge in [-0.25, -0.2) is 0 Å². The van der Waals surface area contributed by atoms with Crippen molar-refractivity contribution in [1.29, 1.82) is 10.8 Å². The maximum atomic E-state index is 12.9. The molecule has 0 fully saturated rings. The number of Topliss-reactive ketones (excluding diaryl/α,β-unsaturated/α-hetero) is 1. The van der Waals surface area contributed by atoms with Crippen LogP contribution in [0.2, 0.25) is 20.1 Å². The molecule has 0 aliphatic carbocycles. The standard InChI is InChI=1S/C23H21Cl2N3O.C23H19Cl2N3O/c2*1-15-6-2-3-7-17(15)13-27-20-8-4-5-9-21(20)28(23(27)26)14-22(29)16-10-11-18(24)19(25)12-16/h2-12,22,26,29H,13-14H2,1H3;2-12,26H,13-14H2,1H3. The van der Waals surface area contributed by atoms with E-state index in [9.17, 15) is 9.90 Å². The Bertz CT molecular complexity index is 2930. The Morgan fingerprint density at radius 2 is 0.983 bits per heavy atom. The van der Waals surface area contributed by atoms with Gasteiger partial charge in [0.2, 0.25) is 11.2 Å². The Morgan fingerprint density at radius 1 is 0.552 bits per heavy atom. The van der Waals surface area contributed by atoms with E-state index < -0.39 is 6.10 Å². The zero-order chi connectivity index (χ0) is 41.1. The van der Waals surface area contributed by atoms with Crippen LogP contribution in [0.4, 0.5) is 0 Å². The van der Waals surface area contributed by atoms with Crippen molar-refractivity contribution < 1.29 is 9.90 Å². The predicted molar refractivity (Wildman–Crippen MR) is 234 cm³/mol. The van der Waals surface area contributed by atoms with E-state index in [-0.39, 0.29) is 24.5 Å². The first-order valence-corrected chi connectivity index (χ1v) is 20.1. The summed E-state index contributed by atoms with van der Waals surface area (Å²) in [4.78, 5) is 12.9. The summed E-state index contributed by atoms with van der Waals surface area (Å²) in [6, 6.07) is 41.9. The van der Waals surface area contributed by atoms with Gasteiger partial charge in [-0.15, -0.1) is 0 Å². The van der Waals surface area contributed by atoms with E-state index in [4.69, 9.17) is 57.2 Å². The molecular weight excluding hydrogens is 810 g/mol. The van der Waals surface area contributed by atoms with Crippen molar-refractivity contribution in [3.63, 3.8) is 0 Å². The van der Waals surface area contributed by atoms with E-state index in [1.807, 2.05) is 86.5 Å². The summed E-state index contributed by atoms with van der Waals surface area (Å²) in [7, 11) is 0. The zero-order valence-corrected chi connectivity index (χ0v) is 34.8. The van der Waals surface area contributed by atoms with Crippen LogP contribution in [0.25, 0.3) is 22.1 Å². The average Bonchev–Trinajstić information content (AvgIpc) is 3.63. The molecule has 8 rings (SSSR count). The molecule has 6 aromatic carbocycles. The maximum Gasteiger partial charge on any atom is 0.203 e. The number of aliphatic hydroxyl groups is 1. The van der Waals surface area contributed by atoms with Gasteiger partial charge in [0.05, 0.1) is 74.4 Å². The van der Waals surface area contributed by atoms with Gasteiger partial charge < -0.3 is 23.4 Å². The normalized spacial score (nSPS) is 11.8. The van der Waals surface area contributed by atoms with Crippen molar-refractivity contribution in [2.45, 2.75) is 46.1 Å². The van der Waals surface area contributed by atoms with E-state index in [1.54, 1.807) is 41.0 Å². The second kappa shape index (κ2) is 17.6. The van der Waals surface area contributed by atoms with Crippen LogP contribution in [-0.2, 0) is 26.2 Å². The number of para-hydroxylation sites is 4. The molecule has 0 bridgehead atoms. The molecule has 0 saturated carbocycles. The summed E-state index contributed by atoms with van der Waals surface area (Å²) in [6.07, 6.45) is -0.809. The third kappa shape index (κ3) is 8.58. The number of imidazole rings is 2. The van der Waals surface area contributed by atoms with Gasteiger partial charge in [-0.1, -0.05) is 125 Å². The quantitative estimate of drug-likeness (QED) is 0.119. The number of carbonyl (C=O) groups excluding carboxylic acids is 1. The molecule has 0 aliphatic rings. The van der Waals surface area contributed by atoms with Gasteiger partial charge in [-0.3, -0.25) is 15.6 Å². The first-order chi connectivity index (χ1) is 27.9. The Morgan fingerprint density at radius 3 is 1.48 bits per heavy atom. The summed E-state index contributed by atoms with van der Waals surface area (Å²) < 4.78 is 7.47. The van der Waals surface area contributed by atoms with E-state index in [0.717, 1.165) is 27.6 Å². The number of carbonyl (C=O) groups is 1. The fourth-order valence-corrected chi connectivity index (χ4v) is 7.68. The van der Waals surface area contributed by atoms with Gasteiger partial charge in [-0.2, -0.15) is 0 Å². The molecule has 0 radical (unpaired) electrons. The number of rotatable bonds is 10. The summed E-state index contributed by atoms with van der Waals surface area (Å²) in [5, 5.41) is 30.0. The highest BCUT2D eigenvalue weighted by atomic mass is 35.5. The van der Waals surface area contributed by atoms with Gasteiger partial charge in [0.25, 0.3) is 0 Å². The number of fused-ring (bicyclic) bond motifs is 2. The van der Waals surface area contributed by atoms with E-state index >= 15 is 0 Å². The molecule has 8 nitrogen and oxygen atoms in total. The molecule has 0 amide bonds. The lowest BCUT2D eigenvalue weighted by Gasteiger charge is -2.13. The Balaban J connectivity index is 0.000000177. The number of ketones is 1. The largest absolute Gasteiger partial charge is 0.387 e. The van der Waals surface area contributed by atoms with Crippen LogP contribution in [0, 0.1) is 24.7 Å². The van der Waals surface area contributed by atoms with Crippen molar-refractivity contribution in [2.75, 3.05) is 0 Å². The van der Waals surface area contributed by atoms with Gasteiger partial charge in [0, 0.05) is 5.56 Å². The minimum atomic E-state index is -0.809. The first kappa shape index (κ1) is 40.8. The molecule has 2 aromatic heterocycles. The number of nitrogens with zero attached hydrogens (tertiary/aromatic N) is 4. The molecule has 0 aliphatic heterocycles. The van der Waals surface area contributed by atoms with Crippen LogP contribution >= 0.6 is 46.4 Å². The van der Waals surface area contributed by atoms with Crippen LogP contribution in [-0.4, -0.2) is 29.2 Å². The van der Waals surface area contributed by atoms with Crippen molar-refractivity contribution in [3.8, 4) is 0 Å². The second-order valence-corrected chi connectivity index (χ2v) is 15.7. The monoisotopic (exact) mass is 848 g/mol. The number of hydrogen-bond donors (Lipinski definition) is 3. The minimum Gasteiger partial charge on any atom is -0.387 e. The van der Waals surface area contributed by atoms with E-state index in [0.29, 0.717) is 49.9 Å². The fraction of sp³-hybridized carbons (Fsp3) is 0.152. The summed E-state index contributed by atoms with van der Waals surface area (Å²) in [5.41, 5.74) is 10.1. The number of aryl methyl sites for hydroxylation is 2. The molecule has 1 atom stereocenters. The minimum absolute atomic E-state index is 0.0537. The average molecular weight is 851 g/mol. The molecule has 3 N–H and O–H groups in total. The lowest BCUT2D eigenvalue weighted by molar-refractivity contribution is 0.0971. The molecule has 58 heavy (non-hydrogen) atoms. The van der Waals surface area contributed by atoms with Gasteiger partial charge in [0.15, 0.2) is 5.78 Å². The fourth-order valence-electron chi connectivity index (χ4n) is 7.07. The lowest BCUT2D eigenvalue weighted by Crippen LogP contribution is -2.27. The van der Waals surface area contributed by atoms with Crippen LogP contribution < -0.4 is 11.2 Å². The molecule has 0 spiro atoms. The van der Waals surface area contributed by atoms with Crippen LogP contribution in [0.15, 0.2) is 133 Å². The second-order valence-electron chi connectivity index (χ2n) is 14.1. The molecule has 2 heterocycles. The smallest absolute Gasteiger partial charge is 0.203 e. The lowest BCUT2D eigenvalue weighted by atomic mass is 10.1. The zero-order valence-electron chi connectivity index (χ0n) is 31.8. The number of hydrogen-bond acceptors (Lipinski definition) is 4. The third-order valence-corrected chi connectivity index (χ3v) is 11.8. The first-order valence-electron chi connectivity index (χ1n) is 18.6. The topological polar surface area (TPSA) is 105 Å². The van der Waals surface area contributed by atoms with E-state index in [2.05, 4.69) is 38.1 Å². The SMILES string of the molecule is Cc1ccccc1Cn1c(=N)n(CC(=O)c2ccc(Cl)c(Cl)c2)c2ccccc21.Cc1ccccc1Cn1c(=N)n(CC(O)c2ccc(Cl)c(Cl)c2)c2ccccc21. The van der Waals surface area contributed by atoms with Gasteiger partial charge >= 0.3 is 0 Å². The maximum absolute atomic E-state index is 12.9.